The van der Waals surface area contributed by atoms with E-state index in [1.165, 1.54) is 10.5 Å². The molecule has 1 heterocycles. The van der Waals surface area contributed by atoms with Gasteiger partial charge in [-0.05, 0) is 38.2 Å². The minimum absolute atomic E-state index is 0.140. The van der Waals surface area contributed by atoms with E-state index in [0.29, 0.717) is 25.9 Å². The summed E-state index contributed by atoms with van der Waals surface area (Å²) in [6.45, 7) is 5.54. The van der Waals surface area contributed by atoms with Crippen LogP contribution in [0.15, 0.2) is 35.3 Å². The third-order valence-corrected chi connectivity index (χ3v) is 4.90. The second kappa shape index (κ2) is 9.94. The van der Waals surface area contributed by atoms with Crippen LogP contribution in [-0.4, -0.2) is 55.0 Å². The lowest BCUT2D eigenvalue weighted by Gasteiger charge is -2.19. The predicted octanol–water partition coefficient (Wildman–Crippen LogP) is 1.89. The van der Waals surface area contributed by atoms with Gasteiger partial charge in [-0.1, -0.05) is 37.3 Å². The number of nitrogens with zero attached hydrogens (tertiary/aromatic N) is 2. The third-order valence-electron chi connectivity index (χ3n) is 4.90. The SMILES string of the molecule is CCC1(C)NC(=O)N(CCCNC(=NC)NCCCc2ccccc2)C1=O. The van der Waals surface area contributed by atoms with Crippen molar-refractivity contribution in [3.63, 3.8) is 0 Å². The van der Waals surface area contributed by atoms with Crippen LogP contribution in [-0.2, 0) is 11.2 Å². The molecule has 1 fully saturated rings. The predicted molar refractivity (Wildman–Crippen MR) is 108 cm³/mol. The first-order valence-electron chi connectivity index (χ1n) is 9.62. The smallest absolute Gasteiger partial charge is 0.325 e. The summed E-state index contributed by atoms with van der Waals surface area (Å²) in [6, 6.07) is 10.1. The monoisotopic (exact) mass is 373 g/mol. The molecular formula is C20H31N5O2. The lowest BCUT2D eigenvalue weighted by atomic mass is 9.99. The lowest BCUT2D eigenvalue weighted by molar-refractivity contribution is -0.130. The minimum Gasteiger partial charge on any atom is -0.356 e. The van der Waals surface area contributed by atoms with Gasteiger partial charge in [-0.15, -0.1) is 0 Å². The highest BCUT2D eigenvalue weighted by Gasteiger charge is 2.45. The molecule has 3 N–H and O–H groups in total. The van der Waals surface area contributed by atoms with Gasteiger partial charge in [0.25, 0.3) is 5.91 Å². The molecule has 1 unspecified atom stereocenters. The number of aryl methyl sites for hydroxylation is 1. The van der Waals surface area contributed by atoms with Gasteiger partial charge in [-0.2, -0.15) is 0 Å². The molecule has 148 valence electrons. The molecule has 0 aliphatic carbocycles. The van der Waals surface area contributed by atoms with E-state index >= 15 is 0 Å². The van der Waals surface area contributed by atoms with Crippen molar-refractivity contribution >= 4 is 17.9 Å². The summed E-state index contributed by atoms with van der Waals surface area (Å²) in [4.78, 5) is 29.8. The highest BCUT2D eigenvalue weighted by Crippen LogP contribution is 2.20. The van der Waals surface area contributed by atoms with E-state index < -0.39 is 5.54 Å². The summed E-state index contributed by atoms with van der Waals surface area (Å²) in [5.74, 6) is 0.595. The van der Waals surface area contributed by atoms with Crippen LogP contribution in [0.4, 0.5) is 4.79 Å². The molecule has 1 aromatic carbocycles. The number of carbonyl (C=O) groups excluding carboxylic acids is 2. The molecule has 1 aromatic rings. The molecule has 2 rings (SSSR count). The quantitative estimate of drug-likeness (QED) is 0.267. The molecule has 7 heteroatoms. The van der Waals surface area contributed by atoms with Gasteiger partial charge >= 0.3 is 6.03 Å². The van der Waals surface area contributed by atoms with E-state index in [1.54, 1.807) is 14.0 Å². The Bertz CT molecular complexity index is 662. The van der Waals surface area contributed by atoms with Crippen molar-refractivity contribution in [2.45, 2.75) is 45.1 Å². The maximum Gasteiger partial charge on any atom is 0.325 e. The fourth-order valence-electron chi connectivity index (χ4n) is 3.00. The molecule has 1 atom stereocenters. The number of rotatable bonds is 9. The molecule has 0 spiro atoms. The lowest BCUT2D eigenvalue weighted by Crippen LogP contribution is -2.43. The van der Waals surface area contributed by atoms with Gasteiger partial charge in [0.15, 0.2) is 5.96 Å². The number of nitrogens with one attached hydrogen (secondary N) is 3. The van der Waals surface area contributed by atoms with Crippen molar-refractivity contribution in [3.8, 4) is 0 Å². The fraction of sp³-hybridized carbons (Fsp3) is 0.550. The maximum atomic E-state index is 12.3. The Morgan fingerprint density at radius 1 is 1.15 bits per heavy atom. The van der Waals surface area contributed by atoms with Crippen LogP contribution in [0.25, 0.3) is 0 Å². The van der Waals surface area contributed by atoms with E-state index in [2.05, 4.69) is 45.2 Å². The van der Waals surface area contributed by atoms with Crippen LogP contribution >= 0.6 is 0 Å². The summed E-state index contributed by atoms with van der Waals surface area (Å²) in [7, 11) is 1.73. The molecule has 0 saturated carbocycles. The van der Waals surface area contributed by atoms with Crippen molar-refractivity contribution in [3.05, 3.63) is 35.9 Å². The van der Waals surface area contributed by atoms with E-state index in [9.17, 15) is 9.59 Å². The molecular weight excluding hydrogens is 342 g/mol. The van der Waals surface area contributed by atoms with Gasteiger partial charge in [0.05, 0.1) is 0 Å². The molecule has 3 amide bonds. The van der Waals surface area contributed by atoms with Crippen LogP contribution in [0.5, 0.6) is 0 Å². The Labute approximate surface area is 161 Å². The van der Waals surface area contributed by atoms with Crippen molar-refractivity contribution in [1.82, 2.24) is 20.9 Å². The van der Waals surface area contributed by atoms with E-state index in [4.69, 9.17) is 0 Å². The number of benzene rings is 1. The van der Waals surface area contributed by atoms with Crippen LogP contribution < -0.4 is 16.0 Å². The van der Waals surface area contributed by atoms with Gasteiger partial charge in [0.2, 0.25) is 0 Å². The first kappa shape index (κ1) is 20.7. The summed E-state index contributed by atoms with van der Waals surface area (Å²) < 4.78 is 0. The first-order valence-corrected chi connectivity index (χ1v) is 9.62. The Morgan fingerprint density at radius 3 is 2.41 bits per heavy atom. The average molecular weight is 374 g/mol. The Hall–Kier alpha value is -2.57. The minimum atomic E-state index is -0.763. The van der Waals surface area contributed by atoms with Gasteiger partial charge in [-0.3, -0.25) is 14.7 Å². The number of hydrogen-bond acceptors (Lipinski definition) is 3. The number of amides is 3. The number of hydrogen-bond donors (Lipinski definition) is 3. The van der Waals surface area contributed by atoms with Gasteiger partial charge < -0.3 is 16.0 Å². The van der Waals surface area contributed by atoms with Crippen molar-refractivity contribution in [1.29, 1.82) is 0 Å². The second-order valence-electron chi connectivity index (χ2n) is 6.94. The van der Waals surface area contributed by atoms with Gasteiger partial charge in [0, 0.05) is 26.7 Å². The summed E-state index contributed by atoms with van der Waals surface area (Å²) in [5, 5.41) is 9.28. The number of carbonyl (C=O) groups is 2. The largest absolute Gasteiger partial charge is 0.356 e. The average Bonchev–Trinajstić information content (AvgIpc) is 2.90. The summed E-state index contributed by atoms with van der Waals surface area (Å²) in [6.07, 6.45) is 3.30. The molecule has 1 aliphatic rings. The Kier molecular flexibility index (Phi) is 7.64. The van der Waals surface area contributed by atoms with Crippen LogP contribution in [0, 0.1) is 0 Å². The Balaban J connectivity index is 1.63. The number of imide groups is 1. The zero-order valence-electron chi connectivity index (χ0n) is 16.5. The molecule has 0 bridgehead atoms. The molecule has 1 aliphatic heterocycles. The normalized spacial score (nSPS) is 20.0. The topological polar surface area (TPSA) is 85.8 Å². The number of guanidine groups is 1. The highest BCUT2D eigenvalue weighted by molar-refractivity contribution is 6.06. The number of aliphatic imine (C=N–C) groups is 1. The van der Waals surface area contributed by atoms with Crippen LogP contribution in [0.3, 0.4) is 0 Å². The molecule has 0 aromatic heterocycles. The first-order chi connectivity index (χ1) is 13.0. The van der Waals surface area contributed by atoms with Crippen molar-refractivity contribution in [2.24, 2.45) is 4.99 Å². The van der Waals surface area contributed by atoms with E-state index in [-0.39, 0.29) is 11.9 Å². The standard InChI is InChI=1S/C20H31N5O2/c1-4-20(2)17(26)25(19(27)24-20)15-9-14-23-18(21-3)22-13-8-12-16-10-6-5-7-11-16/h5-7,10-11H,4,8-9,12-15H2,1-3H3,(H,24,27)(H2,21,22,23). The maximum absolute atomic E-state index is 12.3. The highest BCUT2D eigenvalue weighted by atomic mass is 16.2. The van der Waals surface area contributed by atoms with Crippen molar-refractivity contribution in [2.75, 3.05) is 26.7 Å². The third kappa shape index (κ3) is 5.70. The zero-order valence-corrected chi connectivity index (χ0v) is 16.5. The van der Waals surface area contributed by atoms with E-state index in [0.717, 1.165) is 25.3 Å². The van der Waals surface area contributed by atoms with Gasteiger partial charge in [-0.25, -0.2) is 4.79 Å². The fourth-order valence-corrected chi connectivity index (χ4v) is 3.00. The molecule has 27 heavy (non-hydrogen) atoms. The summed E-state index contributed by atoms with van der Waals surface area (Å²) >= 11 is 0. The van der Waals surface area contributed by atoms with Crippen molar-refractivity contribution < 1.29 is 9.59 Å². The Morgan fingerprint density at radius 2 is 1.81 bits per heavy atom. The van der Waals surface area contributed by atoms with E-state index in [1.807, 2.05) is 13.0 Å². The molecule has 1 saturated heterocycles. The second-order valence-corrected chi connectivity index (χ2v) is 6.94. The number of urea groups is 1. The van der Waals surface area contributed by atoms with Gasteiger partial charge in [0.1, 0.15) is 5.54 Å². The zero-order chi connectivity index (χ0) is 19.7. The molecule has 7 nitrogen and oxygen atoms in total. The molecule has 0 radical (unpaired) electrons. The van der Waals surface area contributed by atoms with Crippen LogP contribution in [0.2, 0.25) is 0 Å². The summed E-state index contributed by atoms with van der Waals surface area (Å²) in [5.41, 5.74) is 0.566. The van der Waals surface area contributed by atoms with Crippen LogP contribution in [0.1, 0.15) is 38.7 Å².